The van der Waals surface area contributed by atoms with E-state index in [0.29, 0.717) is 5.56 Å². The Morgan fingerprint density at radius 1 is 0.900 bits per heavy atom. The molecule has 1 nitrogen and oxygen atoms in total. The maximum atomic E-state index is 13.9. The summed E-state index contributed by atoms with van der Waals surface area (Å²) in [7, 11) is 0. The van der Waals surface area contributed by atoms with Crippen LogP contribution >= 0.6 is 11.6 Å². The minimum Gasteiger partial charge on any atom is -0.288 e. The predicted octanol–water partition coefficient (Wildman–Crippen LogP) is 4.86. The van der Waals surface area contributed by atoms with Crippen LogP contribution in [-0.4, -0.2) is 5.78 Å². The van der Waals surface area contributed by atoms with Gasteiger partial charge in [0.05, 0.1) is 5.56 Å². The standard InChI is InChI=1S/C17H10ClFO/c18-12-8-9-15(16(19)10-12)17(20)14-7-3-5-11-4-1-2-6-13(11)14/h1-10H. The van der Waals surface area contributed by atoms with Gasteiger partial charge in [-0.05, 0) is 29.0 Å². The van der Waals surface area contributed by atoms with Crippen LogP contribution in [0.5, 0.6) is 0 Å². The number of fused-ring (bicyclic) bond motifs is 1. The van der Waals surface area contributed by atoms with Crippen molar-refractivity contribution in [3.63, 3.8) is 0 Å². The van der Waals surface area contributed by atoms with E-state index in [1.54, 1.807) is 12.1 Å². The summed E-state index contributed by atoms with van der Waals surface area (Å²) in [4.78, 5) is 12.5. The van der Waals surface area contributed by atoms with Gasteiger partial charge in [-0.3, -0.25) is 4.79 Å². The van der Waals surface area contributed by atoms with E-state index in [0.717, 1.165) is 16.8 Å². The third-order valence-corrected chi connectivity index (χ3v) is 3.45. The molecule has 98 valence electrons. The first-order chi connectivity index (χ1) is 9.66. The molecule has 0 heterocycles. The van der Waals surface area contributed by atoms with Crippen LogP contribution in [0.25, 0.3) is 10.8 Å². The Hall–Kier alpha value is -2.19. The molecule has 0 saturated heterocycles. The summed E-state index contributed by atoms with van der Waals surface area (Å²) in [5, 5.41) is 2.04. The minimum atomic E-state index is -0.601. The summed E-state index contributed by atoms with van der Waals surface area (Å²) in [5.74, 6) is -0.939. The molecule has 3 rings (SSSR count). The lowest BCUT2D eigenvalue weighted by Gasteiger charge is -2.07. The van der Waals surface area contributed by atoms with Crippen molar-refractivity contribution in [2.24, 2.45) is 0 Å². The molecule has 3 aromatic carbocycles. The molecule has 0 aromatic heterocycles. The molecule has 0 aliphatic rings. The lowest BCUT2D eigenvalue weighted by Crippen LogP contribution is -2.04. The van der Waals surface area contributed by atoms with Gasteiger partial charge in [-0.25, -0.2) is 4.39 Å². The zero-order valence-corrected chi connectivity index (χ0v) is 11.2. The van der Waals surface area contributed by atoms with Crippen LogP contribution in [0.2, 0.25) is 5.02 Å². The second kappa shape index (κ2) is 5.06. The molecule has 0 radical (unpaired) electrons. The fourth-order valence-electron chi connectivity index (χ4n) is 2.24. The van der Waals surface area contributed by atoms with Gasteiger partial charge in [-0.2, -0.15) is 0 Å². The summed E-state index contributed by atoms with van der Waals surface area (Å²) in [6.45, 7) is 0. The van der Waals surface area contributed by atoms with E-state index in [2.05, 4.69) is 0 Å². The minimum absolute atomic E-state index is 0.0331. The normalized spacial score (nSPS) is 10.7. The molecule has 3 heteroatoms. The highest BCUT2D eigenvalue weighted by atomic mass is 35.5. The van der Waals surface area contributed by atoms with Gasteiger partial charge >= 0.3 is 0 Å². The van der Waals surface area contributed by atoms with Crippen molar-refractivity contribution in [3.8, 4) is 0 Å². The van der Waals surface area contributed by atoms with Gasteiger partial charge < -0.3 is 0 Å². The summed E-state index contributed by atoms with van der Waals surface area (Å²) in [6, 6.07) is 17.1. The molecule has 0 aliphatic carbocycles. The number of carbonyl (C=O) groups excluding carboxylic acids is 1. The van der Waals surface area contributed by atoms with Gasteiger partial charge in [0, 0.05) is 10.6 Å². The number of halogens is 2. The van der Waals surface area contributed by atoms with Crippen LogP contribution in [0.4, 0.5) is 4.39 Å². The number of rotatable bonds is 2. The monoisotopic (exact) mass is 284 g/mol. The highest BCUT2D eigenvalue weighted by molar-refractivity contribution is 6.30. The highest BCUT2D eigenvalue weighted by Crippen LogP contribution is 2.23. The molecule has 0 unspecified atom stereocenters. The molecule has 0 atom stereocenters. The second-order valence-corrected chi connectivity index (χ2v) is 4.92. The van der Waals surface area contributed by atoms with Crippen LogP contribution in [0.3, 0.4) is 0 Å². The van der Waals surface area contributed by atoms with Crippen molar-refractivity contribution in [2.45, 2.75) is 0 Å². The molecule has 20 heavy (non-hydrogen) atoms. The van der Waals surface area contributed by atoms with Gasteiger partial charge in [-0.1, -0.05) is 54.1 Å². The van der Waals surface area contributed by atoms with E-state index < -0.39 is 5.82 Å². The fourth-order valence-corrected chi connectivity index (χ4v) is 2.40. The third-order valence-electron chi connectivity index (χ3n) is 3.21. The van der Waals surface area contributed by atoms with Crippen LogP contribution in [0.1, 0.15) is 15.9 Å². The molecule has 0 fully saturated rings. The van der Waals surface area contributed by atoms with Crippen LogP contribution in [0.15, 0.2) is 60.7 Å². The van der Waals surface area contributed by atoms with Crippen molar-refractivity contribution < 1.29 is 9.18 Å². The van der Waals surface area contributed by atoms with Gasteiger partial charge in [0.25, 0.3) is 0 Å². The predicted molar refractivity (Wildman–Crippen MR) is 78.8 cm³/mol. The molecular weight excluding hydrogens is 275 g/mol. The molecule has 0 spiro atoms. The molecule has 0 bridgehead atoms. The largest absolute Gasteiger partial charge is 0.288 e. The topological polar surface area (TPSA) is 17.1 Å². The Balaban J connectivity index is 2.18. The van der Waals surface area contributed by atoms with E-state index in [1.165, 1.54) is 12.1 Å². The first-order valence-electron chi connectivity index (χ1n) is 6.14. The Morgan fingerprint density at radius 2 is 1.65 bits per heavy atom. The quantitative estimate of drug-likeness (QED) is 0.614. The van der Waals surface area contributed by atoms with Crippen LogP contribution in [0, 0.1) is 5.82 Å². The van der Waals surface area contributed by atoms with Gasteiger partial charge in [0.15, 0.2) is 5.78 Å². The number of carbonyl (C=O) groups is 1. The number of ketones is 1. The maximum absolute atomic E-state index is 13.9. The average Bonchev–Trinajstić information content (AvgIpc) is 2.46. The maximum Gasteiger partial charge on any atom is 0.196 e. The van der Waals surface area contributed by atoms with Crippen molar-refractivity contribution in [1.29, 1.82) is 0 Å². The highest BCUT2D eigenvalue weighted by Gasteiger charge is 2.16. The molecule has 0 amide bonds. The van der Waals surface area contributed by atoms with E-state index in [4.69, 9.17) is 11.6 Å². The Morgan fingerprint density at radius 3 is 2.45 bits per heavy atom. The smallest absolute Gasteiger partial charge is 0.196 e. The van der Waals surface area contributed by atoms with Crippen molar-refractivity contribution in [2.75, 3.05) is 0 Å². The first-order valence-corrected chi connectivity index (χ1v) is 6.52. The summed E-state index contributed by atoms with van der Waals surface area (Å²) in [6.07, 6.45) is 0. The Kier molecular flexibility index (Phi) is 3.25. The van der Waals surface area contributed by atoms with E-state index in [1.807, 2.05) is 30.3 Å². The third kappa shape index (κ3) is 2.19. The number of hydrogen-bond donors (Lipinski definition) is 0. The lowest BCUT2D eigenvalue weighted by atomic mass is 9.97. The molecule has 3 aromatic rings. The number of benzene rings is 3. The van der Waals surface area contributed by atoms with Gasteiger partial charge in [-0.15, -0.1) is 0 Å². The zero-order valence-electron chi connectivity index (χ0n) is 10.4. The molecule has 0 saturated carbocycles. The van der Waals surface area contributed by atoms with Crippen LogP contribution < -0.4 is 0 Å². The summed E-state index contributed by atoms with van der Waals surface area (Å²) in [5.41, 5.74) is 0.523. The summed E-state index contributed by atoms with van der Waals surface area (Å²) < 4.78 is 13.9. The SMILES string of the molecule is O=C(c1ccc(Cl)cc1F)c1cccc2ccccc12. The Labute approximate surface area is 120 Å². The van der Waals surface area contributed by atoms with Crippen molar-refractivity contribution in [3.05, 3.63) is 82.6 Å². The Bertz CT molecular complexity index is 806. The lowest BCUT2D eigenvalue weighted by molar-refractivity contribution is 0.103. The fraction of sp³-hybridized carbons (Fsp3) is 0. The average molecular weight is 285 g/mol. The van der Waals surface area contributed by atoms with E-state index >= 15 is 0 Å². The molecule has 0 aliphatic heterocycles. The van der Waals surface area contributed by atoms with E-state index in [-0.39, 0.29) is 16.4 Å². The van der Waals surface area contributed by atoms with Gasteiger partial charge in [0.2, 0.25) is 0 Å². The van der Waals surface area contributed by atoms with Crippen molar-refractivity contribution in [1.82, 2.24) is 0 Å². The second-order valence-electron chi connectivity index (χ2n) is 4.48. The summed E-state index contributed by atoms with van der Waals surface area (Å²) >= 11 is 5.71. The van der Waals surface area contributed by atoms with Gasteiger partial charge in [0.1, 0.15) is 5.82 Å². The van der Waals surface area contributed by atoms with E-state index in [9.17, 15) is 9.18 Å². The first kappa shape index (κ1) is 12.8. The van der Waals surface area contributed by atoms with Crippen molar-refractivity contribution >= 4 is 28.2 Å². The van der Waals surface area contributed by atoms with Crippen LogP contribution in [-0.2, 0) is 0 Å². The molecule has 0 N–H and O–H groups in total. The zero-order chi connectivity index (χ0) is 14.1. The molecular formula is C17H10ClFO. The number of hydrogen-bond acceptors (Lipinski definition) is 1.